The van der Waals surface area contributed by atoms with Crippen molar-refractivity contribution in [2.24, 2.45) is 0 Å². The molecule has 0 unspecified atom stereocenters. The van der Waals surface area contributed by atoms with Crippen LogP contribution >= 0.6 is 11.8 Å². The van der Waals surface area contributed by atoms with Crippen LogP contribution in [0.2, 0.25) is 0 Å². The Morgan fingerprint density at radius 2 is 2.17 bits per heavy atom. The molecule has 1 aromatic carbocycles. The summed E-state index contributed by atoms with van der Waals surface area (Å²) in [6.07, 6.45) is 1.64. The quantitative estimate of drug-likeness (QED) is 0.677. The van der Waals surface area contributed by atoms with E-state index >= 15 is 0 Å². The molecule has 2 rings (SSSR count). The fraction of sp³-hybridized carbons (Fsp3) is 0.0833. The van der Waals surface area contributed by atoms with Crippen LogP contribution in [-0.4, -0.2) is 15.0 Å². The van der Waals surface area contributed by atoms with E-state index in [2.05, 4.69) is 4.98 Å². The van der Waals surface area contributed by atoms with Crippen LogP contribution in [0.5, 0.6) is 0 Å². The second kappa shape index (κ2) is 5.61. The van der Waals surface area contributed by atoms with Gasteiger partial charge in [0.1, 0.15) is 5.03 Å². The van der Waals surface area contributed by atoms with Crippen molar-refractivity contribution in [2.45, 2.75) is 16.5 Å². The zero-order chi connectivity index (χ0) is 13.0. The van der Waals surface area contributed by atoms with Gasteiger partial charge in [0.2, 0.25) is 0 Å². The SMILES string of the molecule is O=[N+]([O-])c1cc(CO)ccc1Sc1ccccn1. The highest BCUT2D eigenvalue weighted by molar-refractivity contribution is 7.99. The van der Waals surface area contributed by atoms with E-state index in [9.17, 15) is 10.1 Å². The number of pyridine rings is 1. The van der Waals surface area contributed by atoms with Gasteiger partial charge in [0, 0.05) is 12.3 Å². The lowest BCUT2D eigenvalue weighted by molar-refractivity contribution is -0.387. The summed E-state index contributed by atoms with van der Waals surface area (Å²) < 4.78 is 0. The van der Waals surface area contributed by atoms with Crippen LogP contribution in [0, 0.1) is 10.1 Å². The van der Waals surface area contributed by atoms with Gasteiger partial charge >= 0.3 is 0 Å². The van der Waals surface area contributed by atoms with E-state index in [4.69, 9.17) is 5.11 Å². The molecule has 0 radical (unpaired) electrons. The van der Waals surface area contributed by atoms with Crippen molar-refractivity contribution in [3.63, 3.8) is 0 Å². The van der Waals surface area contributed by atoms with Crippen molar-refractivity contribution in [3.05, 3.63) is 58.3 Å². The topological polar surface area (TPSA) is 76.3 Å². The van der Waals surface area contributed by atoms with Gasteiger partial charge in [-0.2, -0.15) is 0 Å². The molecular formula is C12H10N2O3S. The number of hydrogen-bond donors (Lipinski definition) is 1. The molecule has 1 aromatic heterocycles. The van der Waals surface area contributed by atoms with Crippen molar-refractivity contribution in [1.29, 1.82) is 0 Å². The molecule has 2 aromatic rings. The van der Waals surface area contributed by atoms with E-state index in [1.807, 2.05) is 6.07 Å². The van der Waals surface area contributed by atoms with E-state index in [0.717, 1.165) is 0 Å². The molecule has 1 N–H and O–H groups in total. The van der Waals surface area contributed by atoms with Crippen LogP contribution in [0.3, 0.4) is 0 Å². The maximum atomic E-state index is 11.0. The van der Waals surface area contributed by atoms with Crippen molar-refractivity contribution in [3.8, 4) is 0 Å². The van der Waals surface area contributed by atoms with E-state index in [0.29, 0.717) is 15.5 Å². The molecule has 1 heterocycles. The summed E-state index contributed by atoms with van der Waals surface area (Å²) in [6.45, 7) is -0.213. The Morgan fingerprint density at radius 1 is 1.33 bits per heavy atom. The Kier molecular flexibility index (Phi) is 3.91. The number of benzene rings is 1. The van der Waals surface area contributed by atoms with Gasteiger partial charge in [0.25, 0.3) is 5.69 Å². The minimum atomic E-state index is -0.454. The highest BCUT2D eigenvalue weighted by Crippen LogP contribution is 2.34. The summed E-state index contributed by atoms with van der Waals surface area (Å²) in [5.41, 5.74) is 0.504. The van der Waals surface area contributed by atoms with Gasteiger partial charge in [-0.25, -0.2) is 4.98 Å². The summed E-state index contributed by atoms with van der Waals surface area (Å²) in [5, 5.41) is 20.6. The summed E-state index contributed by atoms with van der Waals surface area (Å²) >= 11 is 1.23. The second-order valence-electron chi connectivity index (χ2n) is 3.49. The van der Waals surface area contributed by atoms with E-state index in [1.54, 1.807) is 30.5 Å². The monoisotopic (exact) mass is 262 g/mol. The molecular weight excluding hydrogens is 252 g/mol. The maximum Gasteiger partial charge on any atom is 0.283 e. The Balaban J connectivity index is 2.35. The average molecular weight is 262 g/mol. The third-order valence-electron chi connectivity index (χ3n) is 2.25. The first-order chi connectivity index (χ1) is 8.70. The molecule has 0 aliphatic carbocycles. The minimum Gasteiger partial charge on any atom is -0.392 e. The van der Waals surface area contributed by atoms with Crippen LogP contribution in [0.1, 0.15) is 5.56 Å². The summed E-state index contributed by atoms with van der Waals surface area (Å²) in [5.74, 6) is 0. The molecule has 0 saturated carbocycles. The molecule has 5 nitrogen and oxygen atoms in total. The second-order valence-corrected chi connectivity index (χ2v) is 4.55. The molecule has 0 saturated heterocycles. The largest absolute Gasteiger partial charge is 0.392 e. The smallest absolute Gasteiger partial charge is 0.283 e. The molecule has 0 spiro atoms. The number of aliphatic hydroxyl groups excluding tert-OH is 1. The zero-order valence-corrected chi connectivity index (χ0v) is 10.1. The highest BCUT2D eigenvalue weighted by Gasteiger charge is 2.15. The van der Waals surface area contributed by atoms with Gasteiger partial charge in [0.15, 0.2) is 0 Å². The van der Waals surface area contributed by atoms with Gasteiger partial charge in [-0.05, 0) is 23.8 Å². The van der Waals surface area contributed by atoms with Crippen molar-refractivity contribution < 1.29 is 10.0 Å². The maximum absolute atomic E-state index is 11.0. The first-order valence-corrected chi connectivity index (χ1v) is 5.99. The lowest BCUT2D eigenvalue weighted by atomic mass is 10.2. The predicted molar refractivity (Wildman–Crippen MR) is 67.4 cm³/mol. The number of rotatable bonds is 4. The molecule has 0 fully saturated rings. The molecule has 0 aliphatic heterocycles. The van der Waals surface area contributed by atoms with Gasteiger partial charge in [-0.15, -0.1) is 0 Å². The lowest BCUT2D eigenvalue weighted by Crippen LogP contribution is -1.93. The number of nitrogens with zero attached hydrogens (tertiary/aromatic N) is 2. The van der Waals surface area contributed by atoms with Crippen LogP contribution in [-0.2, 0) is 6.61 Å². The van der Waals surface area contributed by atoms with Gasteiger partial charge < -0.3 is 5.11 Å². The first kappa shape index (κ1) is 12.5. The Bertz CT molecular complexity index is 561. The highest BCUT2D eigenvalue weighted by atomic mass is 32.2. The average Bonchev–Trinajstić information content (AvgIpc) is 2.40. The van der Waals surface area contributed by atoms with E-state index in [1.165, 1.54) is 17.8 Å². The standard InChI is InChI=1S/C12H10N2O3S/c15-8-9-4-5-11(10(7-9)14(16)17)18-12-3-1-2-6-13-12/h1-7,15H,8H2. The lowest BCUT2D eigenvalue weighted by Gasteiger charge is -2.03. The molecule has 0 amide bonds. The van der Waals surface area contributed by atoms with Crippen LogP contribution in [0.25, 0.3) is 0 Å². The Morgan fingerprint density at radius 3 is 2.78 bits per heavy atom. The van der Waals surface area contributed by atoms with Crippen molar-refractivity contribution in [1.82, 2.24) is 4.98 Å². The summed E-state index contributed by atoms with van der Waals surface area (Å²) in [7, 11) is 0. The van der Waals surface area contributed by atoms with Crippen LogP contribution in [0.4, 0.5) is 5.69 Å². The normalized spacial score (nSPS) is 10.3. The number of aromatic nitrogens is 1. The Labute approximate surface area is 108 Å². The predicted octanol–water partition coefficient (Wildman–Crippen LogP) is 2.63. The molecule has 6 heteroatoms. The molecule has 0 bridgehead atoms. The van der Waals surface area contributed by atoms with E-state index < -0.39 is 4.92 Å². The zero-order valence-electron chi connectivity index (χ0n) is 9.31. The third-order valence-corrected chi connectivity index (χ3v) is 3.27. The first-order valence-electron chi connectivity index (χ1n) is 5.18. The molecule has 92 valence electrons. The number of nitro benzene ring substituents is 1. The molecule has 0 aliphatic rings. The van der Waals surface area contributed by atoms with Gasteiger partial charge in [-0.1, -0.05) is 23.9 Å². The summed E-state index contributed by atoms with van der Waals surface area (Å²) in [6, 6.07) is 10.1. The van der Waals surface area contributed by atoms with Crippen molar-refractivity contribution >= 4 is 17.4 Å². The summed E-state index contributed by atoms with van der Waals surface area (Å²) in [4.78, 5) is 15.1. The number of nitro groups is 1. The van der Waals surface area contributed by atoms with Gasteiger partial charge in [0.05, 0.1) is 16.4 Å². The third kappa shape index (κ3) is 2.85. The van der Waals surface area contributed by atoms with Gasteiger partial charge in [-0.3, -0.25) is 10.1 Å². The number of hydrogen-bond acceptors (Lipinski definition) is 5. The molecule has 0 atom stereocenters. The minimum absolute atomic E-state index is 0.0165. The number of aliphatic hydroxyl groups is 1. The van der Waals surface area contributed by atoms with E-state index in [-0.39, 0.29) is 12.3 Å². The fourth-order valence-corrected chi connectivity index (χ4v) is 2.27. The Hall–Kier alpha value is -1.92. The van der Waals surface area contributed by atoms with Crippen molar-refractivity contribution in [2.75, 3.05) is 0 Å². The van der Waals surface area contributed by atoms with Crippen LogP contribution in [0.15, 0.2) is 52.5 Å². The fourth-order valence-electron chi connectivity index (χ4n) is 1.41. The molecule has 18 heavy (non-hydrogen) atoms. The van der Waals surface area contributed by atoms with Crippen LogP contribution < -0.4 is 0 Å².